The summed E-state index contributed by atoms with van der Waals surface area (Å²) in [5.41, 5.74) is 0. The van der Waals surface area contributed by atoms with Crippen molar-refractivity contribution < 1.29 is 27.9 Å². The smallest absolute Gasteiger partial charge is 0.397 e. The van der Waals surface area contributed by atoms with Gasteiger partial charge in [0.1, 0.15) is 6.42 Å². The molecule has 2 atom stereocenters. The molecule has 0 radical (unpaired) electrons. The second-order valence-corrected chi connectivity index (χ2v) is 4.23. The number of rotatable bonds is 4. The van der Waals surface area contributed by atoms with Crippen LogP contribution in [0.15, 0.2) is 0 Å². The van der Waals surface area contributed by atoms with E-state index in [4.69, 9.17) is 5.11 Å². The zero-order valence-corrected chi connectivity index (χ0v) is 9.09. The lowest BCUT2D eigenvalue weighted by atomic mass is 9.96. The van der Waals surface area contributed by atoms with E-state index in [0.717, 1.165) is 6.42 Å². The van der Waals surface area contributed by atoms with Gasteiger partial charge in [0.2, 0.25) is 5.91 Å². The maximum atomic E-state index is 11.9. The monoisotopic (exact) mass is 253 g/mol. The third kappa shape index (κ3) is 4.62. The van der Waals surface area contributed by atoms with Gasteiger partial charge in [-0.25, -0.2) is 0 Å². The zero-order chi connectivity index (χ0) is 13.1. The Morgan fingerprint density at radius 1 is 1.29 bits per heavy atom. The summed E-state index contributed by atoms with van der Waals surface area (Å²) in [6.45, 7) is 0.00583. The van der Waals surface area contributed by atoms with Gasteiger partial charge < -0.3 is 10.4 Å². The highest BCUT2D eigenvalue weighted by molar-refractivity contribution is 5.76. The minimum absolute atomic E-state index is 0.00583. The summed E-state index contributed by atoms with van der Waals surface area (Å²) in [4.78, 5) is 21.7. The predicted octanol–water partition coefficient (Wildman–Crippen LogP) is 1.56. The number of carbonyl (C=O) groups excluding carboxylic acids is 1. The largest absolute Gasteiger partial charge is 0.481 e. The Kier molecular flexibility index (Phi) is 4.36. The summed E-state index contributed by atoms with van der Waals surface area (Å²) in [5.74, 6) is -2.86. The standard InChI is InChI=1S/C10H14F3NO3/c11-10(12,13)4-8(15)14-5-6-2-1-3-7(6)9(16)17/h6-7H,1-5H2,(H,14,15)(H,16,17). The second-order valence-electron chi connectivity index (χ2n) is 4.23. The van der Waals surface area contributed by atoms with Crippen LogP contribution in [-0.2, 0) is 9.59 Å². The number of amides is 1. The van der Waals surface area contributed by atoms with Crippen LogP contribution in [0.5, 0.6) is 0 Å². The lowest BCUT2D eigenvalue weighted by Crippen LogP contribution is -2.35. The van der Waals surface area contributed by atoms with Crippen LogP contribution in [0.25, 0.3) is 0 Å². The summed E-state index contributed by atoms with van der Waals surface area (Å²) in [6.07, 6.45) is -4.15. The van der Waals surface area contributed by atoms with Crippen molar-refractivity contribution in [3.63, 3.8) is 0 Å². The zero-order valence-electron chi connectivity index (χ0n) is 9.09. The summed E-state index contributed by atoms with van der Waals surface area (Å²) in [5, 5.41) is 11.0. The maximum Gasteiger partial charge on any atom is 0.397 e. The first-order valence-corrected chi connectivity index (χ1v) is 5.36. The van der Waals surface area contributed by atoms with Gasteiger partial charge in [0.15, 0.2) is 0 Å². The first-order valence-electron chi connectivity index (χ1n) is 5.36. The van der Waals surface area contributed by atoms with Gasteiger partial charge in [0.25, 0.3) is 0 Å². The van der Waals surface area contributed by atoms with E-state index in [0.29, 0.717) is 12.8 Å². The summed E-state index contributed by atoms with van der Waals surface area (Å²) < 4.78 is 35.6. The van der Waals surface area contributed by atoms with Crippen LogP contribution in [0.3, 0.4) is 0 Å². The Hall–Kier alpha value is -1.27. The Bertz CT molecular complexity index is 304. The van der Waals surface area contributed by atoms with Crippen molar-refractivity contribution in [1.82, 2.24) is 5.32 Å². The Labute approximate surface area is 96.2 Å². The van der Waals surface area contributed by atoms with E-state index in [-0.39, 0.29) is 12.5 Å². The molecule has 2 unspecified atom stereocenters. The summed E-state index contributed by atoms with van der Waals surface area (Å²) in [7, 11) is 0. The van der Waals surface area contributed by atoms with Crippen molar-refractivity contribution in [1.29, 1.82) is 0 Å². The van der Waals surface area contributed by atoms with Crippen molar-refractivity contribution in [2.45, 2.75) is 31.9 Å². The van der Waals surface area contributed by atoms with Gasteiger partial charge in [-0.15, -0.1) is 0 Å². The molecule has 1 fully saturated rings. The maximum absolute atomic E-state index is 11.9. The van der Waals surface area contributed by atoms with Crippen LogP contribution >= 0.6 is 0 Å². The SMILES string of the molecule is O=C(CC(F)(F)F)NCC1CCCC1C(=O)O. The van der Waals surface area contributed by atoms with Gasteiger partial charge in [-0.3, -0.25) is 9.59 Å². The molecule has 0 aliphatic heterocycles. The third-order valence-corrected chi connectivity index (χ3v) is 2.90. The summed E-state index contributed by atoms with van der Waals surface area (Å²) >= 11 is 0. The molecule has 1 saturated carbocycles. The fourth-order valence-electron chi connectivity index (χ4n) is 2.10. The highest BCUT2D eigenvalue weighted by Gasteiger charge is 2.34. The number of alkyl halides is 3. The Balaban J connectivity index is 2.35. The lowest BCUT2D eigenvalue weighted by Gasteiger charge is -2.16. The molecule has 17 heavy (non-hydrogen) atoms. The molecule has 1 rings (SSSR count). The average Bonchev–Trinajstić information content (AvgIpc) is 2.59. The molecule has 0 spiro atoms. The number of carboxylic acids is 1. The van der Waals surface area contributed by atoms with Crippen LogP contribution in [0.4, 0.5) is 13.2 Å². The number of hydrogen-bond donors (Lipinski definition) is 2. The molecule has 4 nitrogen and oxygen atoms in total. The molecule has 0 saturated heterocycles. The topological polar surface area (TPSA) is 66.4 Å². The van der Waals surface area contributed by atoms with Gasteiger partial charge in [-0.1, -0.05) is 6.42 Å². The van der Waals surface area contributed by atoms with E-state index in [9.17, 15) is 22.8 Å². The molecule has 2 N–H and O–H groups in total. The Morgan fingerprint density at radius 3 is 2.47 bits per heavy atom. The Morgan fingerprint density at radius 2 is 1.94 bits per heavy atom. The van der Waals surface area contributed by atoms with Crippen molar-refractivity contribution >= 4 is 11.9 Å². The van der Waals surface area contributed by atoms with Gasteiger partial charge in [0.05, 0.1) is 5.92 Å². The molecule has 98 valence electrons. The first-order chi connectivity index (χ1) is 7.79. The molecule has 0 aromatic carbocycles. The fraction of sp³-hybridized carbons (Fsp3) is 0.800. The molecule has 1 amide bonds. The normalized spacial score (nSPS) is 24.6. The van der Waals surface area contributed by atoms with Gasteiger partial charge in [0, 0.05) is 6.54 Å². The highest BCUT2D eigenvalue weighted by atomic mass is 19.4. The van der Waals surface area contributed by atoms with Gasteiger partial charge in [-0.2, -0.15) is 13.2 Å². The van der Waals surface area contributed by atoms with Crippen molar-refractivity contribution in [2.75, 3.05) is 6.54 Å². The highest BCUT2D eigenvalue weighted by Crippen LogP contribution is 2.31. The number of halogens is 3. The van der Waals surface area contributed by atoms with Gasteiger partial charge in [-0.05, 0) is 18.8 Å². The first kappa shape index (κ1) is 13.8. The van der Waals surface area contributed by atoms with E-state index >= 15 is 0 Å². The van der Waals surface area contributed by atoms with Crippen LogP contribution in [0.2, 0.25) is 0 Å². The van der Waals surface area contributed by atoms with E-state index < -0.39 is 30.4 Å². The molecule has 1 aliphatic rings. The minimum atomic E-state index is -4.52. The van der Waals surface area contributed by atoms with Crippen molar-refractivity contribution in [3.05, 3.63) is 0 Å². The van der Waals surface area contributed by atoms with E-state index in [2.05, 4.69) is 5.32 Å². The summed E-state index contributed by atoms with van der Waals surface area (Å²) in [6, 6.07) is 0. The molecule has 0 aromatic heterocycles. The van der Waals surface area contributed by atoms with Crippen LogP contribution in [-0.4, -0.2) is 29.7 Å². The molecule has 7 heteroatoms. The fourth-order valence-corrected chi connectivity index (χ4v) is 2.10. The molecule has 0 bridgehead atoms. The van der Waals surface area contributed by atoms with Gasteiger partial charge >= 0.3 is 12.1 Å². The number of nitrogens with one attached hydrogen (secondary N) is 1. The molecule has 0 heterocycles. The minimum Gasteiger partial charge on any atom is -0.481 e. The van der Waals surface area contributed by atoms with E-state index in [1.807, 2.05) is 0 Å². The molecule has 0 aromatic rings. The van der Waals surface area contributed by atoms with E-state index in [1.54, 1.807) is 0 Å². The average molecular weight is 253 g/mol. The van der Waals surface area contributed by atoms with Crippen LogP contribution in [0.1, 0.15) is 25.7 Å². The third-order valence-electron chi connectivity index (χ3n) is 2.90. The van der Waals surface area contributed by atoms with Crippen molar-refractivity contribution in [3.8, 4) is 0 Å². The van der Waals surface area contributed by atoms with Crippen LogP contribution in [0, 0.1) is 11.8 Å². The molecular weight excluding hydrogens is 239 g/mol. The number of hydrogen-bond acceptors (Lipinski definition) is 2. The van der Waals surface area contributed by atoms with E-state index in [1.165, 1.54) is 0 Å². The van der Waals surface area contributed by atoms with Crippen molar-refractivity contribution in [2.24, 2.45) is 11.8 Å². The predicted molar refractivity (Wildman–Crippen MR) is 52.1 cm³/mol. The quantitative estimate of drug-likeness (QED) is 0.799. The molecular formula is C10H14F3NO3. The number of carboxylic acid groups (broad SMARTS) is 1. The second kappa shape index (κ2) is 5.37. The number of aliphatic carboxylic acids is 1. The number of carbonyl (C=O) groups is 2. The molecule has 1 aliphatic carbocycles. The lowest BCUT2D eigenvalue weighted by molar-refractivity contribution is -0.154. The van der Waals surface area contributed by atoms with Crippen LogP contribution < -0.4 is 5.32 Å².